The van der Waals surface area contributed by atoms with E-state index in [1.807, 2.05) is 36.4 Å². The van der Waals surface area contributed by atoms with Crippen molar-refractivity contribution in [3.8, 4) is 62.1 Å². The number of nitrogens with one attached hydrogen (secondary N) is 1. The summed E-state index contributed by atoms with van der Waals surface area (Å²) in [6.07, 6.45) is 0. The fourth-order valence-corrected chi connectivity index (χ4v) is 8.41. The van der Waals surface area contributed by atoms with E-state index in [2.05, 4.69) is 173 Å². The minimum absolute atomic E-state index is 0.753. The Morgan fingerprint density at radius 1 is 0.321 bits per heavy atom. The molecule has 11 rings (SSSR count). The van der Waals surface area contributed by atoms with E-state index in [1.54, 1.807) is 0 Å². The summed E-state index contributed by atoms with van der Waals surface area (Å²) in [5, 5.41) is 19.3. The van der Waals surface area contributed by atoms with Gasteiger partial charge in [0.15, 0.2) is 11.6 Å². The number of aromatic nitrogens is 4. The van der Waals surface area contributed by atoms with Crippen molar-refractivity contribution in [2.75, 3.05) is 0 Å². The maximum Gasteiger partial charge on any atom is 0.185 e. The molecule has 56 heavy (non-hydrogen) atoms. The number of benzene rings is 9. The van der Waals surface area contributed by atoms with Crippen LogP contribution in [0.3, 0.4) is 0 Å². The first kappa shape index (κ1) is 31.9. The van der Waals surface area contributed by atoms with E-state index in [1.165, 1.54) is 65.3 Å². The number of aromatic amines is 1. The van der Waals surface area contributed by atoms with E-state index in [0.717, 1.165) is 39.9 Å². The summed E-state index contributed by atoms with van der Waals surface area (Å²) in [4.78, 5) is 3.75. The summed E-state index contributed by atoms with van der Waals surface area (Å²) in [7, 11) is 0. The van der Waals surface area contributed by atoms with Gasteiger partial charge in [-0.25, -0.2) is 0 Å². The minimum atomic E-state index is 0.753. The number of rotatable bonds is 6. The van der Waals surface area contributed by atoms with E-state index < -0.39 is 0 Å². The van der Waals surface area contributed by atoms with Gasteiger partial charge in [-0.3, -0.25) is 4.57 Å². The molecular weight excluding hydrogens is 681 g/mol. The number of nitrogens with zero attached hydrogens (tertiary/aromatic N) is 3. The molecule has 0 amide bonds. The zero-order valence-corrected chi connectivity index (χ0v) is 30.4. The molecule has 0 unspecified atom stereocenters. The van der Waals surface area contributed by atoms with E-state index in [4.69, 9.17) is 10.2 Å². The molecule has 0 spiro atoms. The lowest BCUT2D eigenvalue weighted by Crippen LogP contribution is -2.00. The molecule has 9 aromatic carbocycles. The van der Waals surface area contributed by atoms with Crippen molar-refractivity contribution in [1.82, 2.24) is 19.7 Å². The molecule has 0 atom stereocenters. The first-order valence-corrected chi connectivity index (χ1v) is 19.0. The van der Waals surface area contributed by atoms with Crippen LogP contribution in [0.1, 0.15) is 0 Å². The molecule has 1 N–H and O–H groups in total. The fraction of sp³-hybridized carbons (Fsp3) is 0. The molecule has 0 aliphatic heterocycles. The SMILES string of the molecule is c1ccc(-c2nnc(-c3ccc(-c4ccc5c(-c6ccc7ccccc7c6)c6ccccc6c(-c6ccc7ccccc7c6)c5c4)[nH]3)n2-c2ccccc2)cc1. The van der Waals surface area contributed by atoms with Gasteiger partial charge in [-0.15, -0.1) is 10.2 Å². The van der Waals surface area contributed by atoms with Gasteiger partial charge in [0.25, 0.3) is 0 Å². The predicted molar refractivity (Wildman–Crippen MR) is 233 cm³/mol. The quantitative estimate of drug-likeness (QED) is 0.174. The zero-order chi connectivity index (χ0) is 37.0. The van der Waals surface area contributed by atoms with Crippen LogP contribution in [0, 0.1) is 0 Å². The van der Waals surface area contributed by atoms with Gasteiger partial charge < -0.3 is 4.98 Å². The second-order valence-electron chi connectivity index (χ2n) is 14.3. The Hall–Kier alpha value is -7.56. The molecular formula is C52H34N4. The third-order valence-electron chi connectivity index (χ3n) is 11.0. The van der Waals surface area contributed by atoms with Crippen LogP contribution in [-0.4, -0.2) is 19.7 Å². The van der Waals surface area contributed by atoms with E-state index in [-0.39, 0.29) is 0 Å². The topological polar surface area (TPSA) is 46.5 Å². The van der Waals surface area contributed by atoms with Crippen LogP contribution >= 0.6 is 0 Å². The molecule has 4 nitrogen and oxygen atoms in total. The second-order valence-corrected chi connectivity index (χ2v) is 14.3. The van der Waals surface area contributed by atoms with E-state index >= 15 is 0 Å². The van der Waals surface area contributed by atoms with Crippen molar-refractivity contribution in [3.63, 3.8) is 0 Å². The average Bonchev–Trinajstić information content (AvgIpc) is 3.94. The monoisotopic (exact) mass is 714 g/mol. The molecule has 0 aliphatic carbocycles. The second kappa shape index (κ2) is 13.1. The van der Waals surface area contributed by atoms with Crippen molar-refractivity contribution in [1.29, 1.82) is 0 Å². The first-order chi connectivity index (χ1) is 27.8. The number of hydrogen-bond acceptors (Lipinski definition) is 2. The maximum atomic E-state index is 4.76. The number of para-hydroxylation sites is 1. The maximum absolute atomic E-state index is 4.76. The lowest BCUT2D eigenvalue weighted by atomic mass is 9.84. The lowest BCUT2D eigenvalue weighted by molar-refractivity contribution is 1.06. The Bertz CT molecular complexity index is 3250. The lowest BCUT2D eigenvalue weighted by Gasteiger charge is -2.19. The highest BCUT2D eigenvalue weighted by Gasteiger charge is 2.21. The predicted octanol–water partition coefficient (Wildman–Crippen LogP) is 13.5. The molecule has 0 fully saturated rings. The van der Waals surface area contributed by atoms with Crippen LogP contribution in [0.25, 0.3) is 105 Å². The molecule has 0 saturated carbocycles. The largest absolute Gasteiger partial charge is 0.352 e. The molecule has 11 aromatic rings. The van der Waals surface area contributed by atoms with E-state index in [0.29, 0.717) is 0 Å². The number of hydrogen-bond donors (Lipinski definition) is 1. The standard InChI is InChI=1S/C52H34N4/c1-3-15-36(16-4-1)51-54-55-52(56(51)42-19-5-2-6-20-42)48-30-29-47(53-48)39-27-28-45-46(33-39)50(41-26-24-35-14-8-10-18-38(35)32-41)44-22-12-11-21-43(44)49(45)40-25-23-34-13-7-9-17-37(34)31-40/h1-33,53H. The van der Waals surface area contributed by atoms with Crippen molar-refractivity contribution in [3.05, 3.63) is 200 Å². The number of fused-ring (bicyclic) bond motifs is 4. The summed E-state index contributed by atoms with van der Waals surface area (Å²) in [5.41, 5.74) is 9.89. The zero-order valence-electron chi connectivity index (χ0n) is 30.4. The highest BCUT2D eigenvalue weighted by atomic mass is 15.3. The first-order valence-electron chi connectivity index (χ1n) is 19.0. The minimum Gasteiger partial charge on any atom is -0.352 e. The van der Waals surface area contributed by atoms with Gasteiger partial charge in [-0.1, -0.05) is 158 Å². The molecule has 0 bridgehead atoms. The summed E-state index contributed by atoms with van der Waals surface area (Å²) in [5.74, 6) is 1.55. The summed E-state index contributed by atoms with van der Waals surface area (Å²) >= 11 is 0. The van der Waals surface area contributed by atoms with Crippen LogP contribution in [-0.2, 0) is 0 Å². The van der Waals surface area contributed by atoms with Crippen molar-refractivity contribution >= 4 is 43.1 Å². The van der Waals surface area contributed by atoms with Crippen LogP contribution in [0.5, 0.6) is 0 Å². The van der Waals surface area contributed by atoms with Crippen LogP contribution in [0.15, 0.2) is 200 Å². The van der Waals surface area contributed by atoms with Gasteiger partial charge in [0.2, 0.25) is 0 Å². The number of H-pyrrole nitrogens is 1. The summed E-state index contributed by atoms with van der Waals surface area (Å²) in [6.45, 7) is 0. The molecule has 4 heteroatoms. The average molecular weight is 715 g/mol. The Morgan fingerprint density at radius 2 is 0.821 bits per heavy atom. The Morgan fingerprint density at radius 3 is 1.48 bits per heavy atom. The van der Waals surface area contributed by atoms with Crippen LogP contribution in [0.4, 0.5) is 0 Å². The van der Waals surface area contributed by atoms with Crippen molar-refractivity contribution < 1.29 is 0 Å². The molecule has 0 aliphatic rings. The fourth-order valence-electron chi connectivity index (χ4n) is 8.41. The highest BCUT2D eigenvalue weighted by Crippen LogP contribution is 2.46. The van der Waals surface area contributed by atoms with E-state index in [9.17, 15) is 0 Å². The van der Waals surface area contributed by atoms with Gasteiger partial charge in [-0.2, -0.15) is 0 Å². The molecule has 0 saturated heterocycles. The smallest absolute Gasteiger partial charge is 0.185 e. The van der Waals surface area contributed by atoms with Gasteiger partial charge >= 0.3 is 0 Å². The van der Waals surface area contributed by atoms with Crippen molar-refractivity contribution in [2.24, 2.45) is 0 Å². The Kier molecular flexibility index (Phi) is 7.46. The summed E-state index contributed by atoms with van der Waals surface area (Å²) in [6, 6.07) is 71.6. The van der Waals surface area contributed by atoms with Gasteiger partial charge in [0.05, 0.1) is 5.69 Å². The molecule has 0 radical (unpaired) electrons. The highest BCUT2D eigenvalue weighted by molar-refractivity contribution is 6.22. The Labute approximate surface area is 324 Å². The van der Waals surface area contributed by atoms with Gasteiger partial charge in [0, 0.05) is 16.9 Å². The Balaban J connectivity index is 1.13. The van der Waals surface area contributed by atoms with Crippen LogP contribution < -0.4 is 0 Å². The van der Waals surface area contributed by atoms with Gasteiger partial charge in [0.1, 0.15) is 0 Å². The summed E-state index contributed by atoms with van der Waals surface area (Å²) < 4.78 is 2.13. The molecule has 2 heterocycles. The third kappa shape index (κ3) is 5.31. The van der Waals surface area contributed by atoms with Crippen LogP contribution in [0.2, 0.25) is 0 Å². The third-order valence-corrected chi connectivity index (χ3v) is 11.0. The van der Waals surface area contributed by atoms with Crippen molar-refractivity contribution in [2.45, 2.75) is 0 Å². The van der Waals surface area contributed by atoms with Gasteiger partial charge in [-0.05, 0) is 113 Å². The normalized spacial score (nSPS) is 11.6. The molecule has 262 valence electrons. The molecule has 2 aromatic heterocycles.